The SMILES string of the molecule is CCCCCCCC/C=C\CCCCCCCCC(NC)C(CCCCCCCC/C=C\CCCCCCCC)(CNC)NC. The van der Waals surface area contributed by atoms with Gasteiger partial charge in [0.2, 0.25) is 0 Å². The zero-order valence-electron chi connectivity index (χ0n) is 31.8. The summed E-state index contributed by atoms with van der Waals surface area (Å²) in [5.74, 6) is 0. The highest BCUT2D eigenvalue weighted by molar-refractivity contribution is 4.99. The second kappa shape index (κ2) is 36.2. The van der Waals surface area contributed by atoms with Crippen LogP contribution in [0.25, 0.3) is 0 Å². The van der Waals surface area contributed by atoms with Crippen molar-refractivity contribution in [3.63, 3.8) is 0 Å². The van der Waals surface area contributed by atoms with Crippen LogP contribution in [-0.4, -0.2) is 39.3 Å². The lowest BCUT2D eigenvalue weighted by atomic mass is 9.81. The van der Waals surface area contributed by atoms with E-state index < -0.39 is 0 Å². The molecule has 0 saturated heterocycles. The van der Waals surface area contributed by atoms with Gasteiger partial charge in [-0.3, -0.25) is 0 Å². The van der Waals surface area contributed by atoms with Crippen molar-refractivity contribution in [3.05, 3.63) is 24.3 Å². The summed E-state index contributed by atoms with van der Waals surface area (Å²) in [6.45, 7) is 5.63. The monoisotopic (exact) mass is 632 g/mol. The number of allylic oxidation sites excluding steroid dienone is 4. The summed E-state index contributed by atoms with van der Waals surface area (Å²) < 4.78 is 0. The first-order valence-corrected chi connectivity index (χ1v) is 20.5. The molecule has 0 aromatic carbocycles. The zero-order valence-corrected chi connectivity index (χ0v) is 31.8. The molecule has 268 valence electrons. The summed E-state index contributed by atoms with van der Waals surface area (Å²) in [5, 5.41) is 11.0. The molecule has 0 radical (unpaired) electrons. The highest BCUT2D eigenvalue weighted by Crippen LogP contribution is 2.24. The van der Waals surface area contributed by atoms with E-state index in [1.165, 1.54) is 193 Å². The summed E-state index contributed by atoms with van der Waals surface area (Å²) in [7, 11) is 6.48. The first-order valence-electron chi connectivity index (χ1n) is 20.5. The fourth-order valence-electron chi connectivity index (χ4n) is 7.07. The van der Waals surface area contributed by atoms with Crippen LogP contribution in [0.3, 0.4) is 0 Å². The summed E-state index contributed by atoms with van der Waals surface area (Å²) in [6.07, 6.45) is 50.8. The van der Waals surface area contributed by atoms with E-state index in [9.17, 15) is 0 Å². The Morgan fingerprint density at radius 2 is 0.800 bits per heavy atom. The van der Waals surface area contributed by atoms with Gasteiger partial charge in [-0.1, -0.05) is 167 Å². The van der Waals surface area contributed by atoms with Gasteiger partial charge in [-0.15, -0.1) is 0 Å². The minimum absolute atomic E-state index is 0.145. The Kier molecular flexibility index (Phi) is 35.7. The summed E-state index contributed by atoms with van der Waals surface area (Å²) in [6, 6.07) is 0.523. The lowest BCUT2D eigenvalue weighted by molar-refractivity contribution is 0.212. The minimum Gasteiger partial charge on any atom is -0.318 e. The first kappa shape index (κ1) is 44.4. The average Bonchev–Trinajstić information content (AvgIpc) is 3.05. The molecule has 0 rings (SSSR count). The maximum atomic E-state index is 3.79. The molecular formula is C42H85N3. The number of rotatable bonds is 37. The van der Waals surface area contributed by atoms with Crippen LogP contribution in [0.2, 0.25) is 0 Å². The Morgan fingerprint density at radius 3 is 1.16 bits per heavy atom. The van der Waals surface area contributed by atoms with Crippen LogP contribution in [-0.2, 0) is 0 Å². The normalized spacial score (nSPS) is 14.2. The van der Waals surface area contributed by atoms with Crippen molar-refractivity contribution in [2.45, 2.75) is 218 Å². The molecule has 0 aromatic rings. The van der Waals surface area contributed by atoms with E-state index in [4.69, 9.17) is 0 Å². The van der Waals surface area contributed by atoms with Crippen LogP contribution in [0.15, 0.2) is 24.3 Å². The van der Waals surface area contributed by atoms with Crippen molar-refractivity contribution in [2.24, 2.45) is 0 Å². The Hall–Kier alpha value is -0.640. The number of likely N-dealkylation sites (N-methyl/N-ethyl adjacent to an activating group) is 3. The van der Waals surface area contributed by atoms with Gasteiger partial charge in [0.25, 0.3) is 0 Å². The fourth-order valence-corrected chi connectivity index (χ4v) is 7.07. The molecule has 0 aliphatic heterocycles. The van der Waals surface area contributed by atoms with E-state index in [-0.39, 0.29) is 5.54 Å². The molecule has 2 unspecified atom stereocenters. The Morgan fingerprint density at radius 1 is 0.444 bits per heavy atom. The number of hydrogen-bond donors (Lipinski definition) is 3. The Labute approximate surface area is 285 Å². The molecule has 0 aliphatic carbocycles. The van der Waals surface area contributed by atoms with Gasteiger partial charge >= 0.3 is 0 Å². The first-order chi connectivity index (χ1) is 22.2. The Balaban J connectivity index is 3.96. The lowest BCUT2D eigenvalue weighted by Gasteiger charge is -2.41. The third-order valence-corrected chi connectivity index (χ3v) is 10.1. The molecule has 0 aromatic heterocycles. The van der Waals surface area contributed by atoms with Gasteiger partial charge in [-0.25, -0.2) is 0 Å². The van der Waals surface area contributed by atoms with Crippen molar-refractivity contribution in [1.82, 2.24) is 16.0 Å². The molecule has 0 saturated carbocycles. The van der Waals surface area contributed by atoms with Gasteiger partial charge in [-0.05, 0) is 85.4 Å². The molecular weight excluding hydrogens is 546 g/mol. The van der Waals surface area contributed by atoms with Crippen molar-refractivity contribution >= 4 is 0 Å². The van der Waals surface area contributed by atoms with Gasteiger partial charge in [0.1, 0.15) is 0 Å². The average molecular weight is 632 g/mol. The molecule has 0 heterocycles. The fraction of sp³-hybridized carbons (Fsp3) is 0.905. The number of nitrogens with one attached hydrogen (secondary N) is 3. The van der Waals surface area contributed by atoms with Gasteiger partial charge in [0.05, 0.1) is 0 Å². The largest absolute Gasteiger partial charge is 0.318 e. The second-order valence-electron chi connectivity index (χ2n) is 14.2. The van der Waals surface area contributed by atoms with Crippen LogP contribution in [0.1, 0.15) is 206 Å². The van der Waals surface area contributed by atoms with Crippen molar-refractivity contribution < 1.29 is 0 Å². The van der Waals surface area contributed by atoms with Crippen molar-refractivity contribution in [3.8, 4) is 0 Å². The van der Waals surface area contributed by atoms with Crippen molar-refractivity contribution in [2.75, 3.05) is 27.7 Å². The van der Waals surface area contributed by atoms with Crippen molar-refractivity contribution in [1.29, 1.82) is 0 Å². The number of unbranched alkanes of at least 4 members (excludes halogenated alkanes) is 24. The van der Waals surface area contributed by atoms with Crippen LogP contribution in [0.4, 0.5) is 0 Å². The van der Waals surface area contributed by atoms with E-state index in [0.29, 0.717) is 6.04 Å². The van der Waals surface area contributed by atoms with Crippen LogP contribution < -0.4 is 16.0 Å². The molecule has 45 heavy (non-hydrogen) atoms. The highest BCUT2D eigenvalue weighted by Gasteiger charge is 2.35. The van der Waals surface area contributed by atoms with E-state index in [1.54, 1.807) is 0 Å². The Bertz CT molecular complexity index is 615. The standard InChI is InChI=1S/C42H85N3/c1-6-8-10-12-14-16-18-20-22-24-26-28-30-32-34-36-38-41(44-4)42(45-5,40-43-3)39-37-35-33-31-29-27-25-23-21-19-17-15-13-11-9-7-2/h20-23,41,43-45H,6-19,24-40H2,1-5H3/b22-20-,23-21-. The highest BCUT2D eigenvalue weighted by atomic mass is 15.1. The molecule has 0 amide bonds. The quantitative estimate of drug-likeness (QED) is 0.0471. The van der Waals surface area contributed by atoms with E-state index in [1.807, 2.05) is 0 Å². The minimum atomic E-state index is 0.145. The summed E-state index contributed by atoms with van der Waals surface area (Å²) >= 11 is 0. The maximum absolute atomic E-state index is 3.79. The van der Waals surface area contributed by atoms with Gasteiger partial charge in [0.15, 0.2) is 0 Å². The summed E-state index contributed by atoms with van der Waals surface area (Å²) in [4.78, 5) is 0. The smallest absolute Gasteiger partial charge is 0.0458 e. The second-order valence-corrected chi connectivity index (χ2v) is 14.2. The van der Waals surface area contributed by atoms with E-state index >= 15 is 0 Å². The third kappa shape index (κ3) is 28.1. The lowest BCUT2D eigenvalue weighted by Crippen LogP contribution is -2.62. The van der Waals surface area contributed by atoms with E-state index in [2.05, 4.69) is 75.2 Å². The maximum Gasteiger partial charge on any atom is 0.0458 e. The van der Waals surface area contributed by atoms with Gasteiger partial charge in [-0.2, -0.15) is 0 Å². The summed E-state index contributed by atoms with van der Waals surface area (Å²) in [5.41, 5.74) is 0.145. The molecule has 3 N–H and O–H groups in total. The predicted octanol–water partition coefficient (Wildman–Crippen LogP) is 12.6. The molecule has 3 heteroatoms. The van der Waals surface area contributed by atoms with Crippen LogP contribution in [0.5, 0.6) is 0 Å². The molecule has 3 nitrogen and oxygen atoms in total. The molecule has 0 bridgehead atoms. The molecule has 2 atom stereocenters. The zero-order chi connectivity index (χ0) is 32.9. The van der Waals surface area contributed by atoms with Gasteiger partial charge < -0.3 is 16.0 Å². The number of hydrogen-bond acceptors (Lipinski definition) is 3. The molecule has 0 fully saturated rings. The third-order valence-electron chi connectivity index (χ3n) is 10.1. The molecule has 0 spiro atoms. The van der Waals surface area contributed by atoms with Crippen LogP contribution in [0, 0.1) is 0 Å². The predicted molar refractivity (Wildman–Crippen MR) is 207 cm³/mol. The molecule has 0 aliphatic rings. The topological polar surface area (TPSA) is 36.1 Å². The van der Waals surface area contributed by atoms with Gasteiger partial charge in [0, 0.05) is 18.1 Å². The van der Waals surface area contributed by atoms with Crippen LogP contribution >= 0.6 is 0 Å². The van der Waals surface area contributed by atoms with E-state index in [0.717, 1.165) is 6.54 Å².